The number of rotatable bonds is 3. The maximum absolute atomic E-state index is 13.5. The molecule has 6 heteroatoms. The quantitative estimate of drug-likeness (QED) is 0.709. The van der Waals surface area contributed by atoms with Gasteiger partial charge in [0.2, 0.25) is 5.91 Å². The zero-order valence-electron chi connectivity index (χ0n) is 18.2. The molecule has 4 heterocycles. The van der Waals surface area contributed by atoms with Crippen LogP contribution in [0, 0.1) is 12.3 Å². The van der Waals surface area contributed by atoms with Gasteiger partial charge in [0.25, 0.3) is 5.91 Å². The minimum absolute atomic E-state index is 0.0495. The van der Waals surface area contributed by atoms with Crippen molar-refractivity contribution in [1.29, 1.82) is 0 Å². The lowest BCUT2D eigenvalue weighted by atomic mass is 9.59. The molecule has 2 aromatic heterocycles. The van der Waals surface area contributed by atoms with E-state index in [9.17, 15) is 9.59 Å². The Bertz CT molecular complexity index is 962. The number of β-lactam (4-membered cyclic amide) rings is 1. The predicted molar refractivity (Wildman–Crippen MR) is 117 cm³/mol. The van der Waals surface area contributed by atoms with Crippen LogP contribution in [0.15, 0.2) is 42.9 Å². The number of carbonyl (C=O) groups excluding carboxylic acids is 2. The monoisotopic (exact) mass is 418 g/mol. The van der Waals surface area contributed by atoms with Crippen molar-refractivity contribution in [2.45, 2.75) is 64.0 Å². The Balaban J connectivity index is 1.33. The minimum Gasteiger partial charge on any atom is -0.338 e. The van der Waals surface area contributed by atoms with Gasteiger partial charge in [-0.1, -0.05) is 19.3 Å². The van der Waals surface area contributed by atoms with Gasteiger partial charge >= 0.3 is 0 Å². The highest BCUT2D eigenvalue weighted by molar-refractivity contribution is 5.95. The summed E-state index contributed by atoms with van der Waals surface area (Å²) in [5, 5.41) is 0. The number of carbonyl (C=O) groups is 2. The van der Waals surface area contributed by atoms with Crippen LogP contribution in [0.25, 0.3) is 0 Å². The highest BCUT2D eigenvalue weighted by Gasteiger charge is 2.62. The van der Waals surface area contributed by atoms with E-state index in [4.69, 9.17) is 0 Å². The van der Waals surface area contributed by atoms with Crippen LogP contribution in [0.1, 0.15) is 72.6 Å². The fraction of sp³-hybridized carbons (Fsp3) is 0.520. The molecular weight excluding hydrogens is 388 g/mol. The molecule has 2 aliphatic heterocycles. The fourth-order valence-corrected chi connectivity index (χ4v) is 5.99. The second-order valence-electron chi connectivity index (χ2n) is 9.27. The Morgan fingerprint density at radius 2 is 1.74 bits per heavy atom. The van der Waals surface area contributed by atoms with Gasteiger partial charge in [-0.2, -0.15) is 0 Å². The van der Waals surface area contributed by atoms with Crippen LogP contribution < -0.4 is 0 Å². The van der Waals surface area contributed by atoms with E-state index in [0.29, 0.717) is 24.6 Å². The van der Waals surface area contributed by atoms with E-state index in [-0.39, 0.29) is 23.4 Å². The molecule has 1 spiro atoms. The Morgan fingerprint density at radius 3 is 2.42 bits per heavy atom. The molecule has 2 amide bonds. The summed E-state index contributed by atoms with van der Waals surface area (Å²) in [6.45, 7) is 3.23. The fourth-order valence-electron chi connectivity index (χ4n) is 5.99. The Kier molecular flexibility index (Phi) is 5.24. The first-order valence-corrected chi connectivity index (χ1v) is 11.6. The summed E-state index contributed by atoms with van der Waals surface area (Å²) in [6, 6.07) is 8.15. The average Bonchev–Trinajstić information content (AvgIpc) is 2.83. The van der Waals surface area contributed by atoms with Crippen molar-refractivity contribution in [2.24, 2.45) is 5.41 Å². The summed E-state index contributed by atoms with van der Waals surface area (Å²) >= 11 is 0. The van der Waals surface area contributed by atoms with Crippen LogP contribution in [0.5, 0.6) is 0 Å². The third-order valence-corrected chi connectivity index (χ3v) is 7.61. The molecule has 0 radical (unpaired) electrons. The van der Waals surface area contributed by atoms with Crippen molar-refractivity contribution in [3.05, 3.63) is 59.7 Å². The summed E-state index contributed by atoms with van der Waals surface area (Å²) in [5.74, 6) is 0.385. The van der Waals surface area contributed by atoms with Crippen LogP contribution in [0.4, 0.5) is 0 Å². The SMILES string of the molecule is Cc1ncccc1C(=O)N1CCC(N2C(=O)C3(CCCCC3)C2c2ccncc2)CC1. The molecule has 1 saturated carbocycles. The zero-order chi connectivity index (χ0) is 21.4. The summed E-state index contributed by atoms with van der Waals surface area (Å²) < 4.78 is 0. The summed E-state index contributed by atoms with van der Waals surface area (Å²) in [6.07, 6.45) is 12.5. The molecule has 31 heavy (non-hydrogen) atoms. The van der Waals surface area contributed by atoms with Gasteiger partial charge in [0.15, 0.2) is 0 Å². The van der Waals surface area contributed by atoms with Crippen molar-refractivity contribution in [2.75, 3.05) is 13.1 Å². The van der Waals surface area contributed by atoms with Crippen LogP contribution in [-0.4, -0.2) is 50.7 Å². The van der Waals surface area contributed by atoms with Crippen LogP contribution in [-0.2, 0) is 4.79 Å². The zero-order valence-corrected chi connectivity index (χ0v) is 18.2. The maximum Gasteiger partial charge on any atom is 0.255 e. The summed E-state index contributed by atoms with van der Waals surface area (Å²) in [7, 11) is 0. The van der Waals surface area contributed by atoms with Crippen LogP contribution in [0.2, 0.25) is 0 Å². The molecule has 2 saturated heterocycles. The molecule has 3 fully saturated rings. The first kappa shape index (κ1) is 20.2. The van der Waals surface area contributed by atoms with Crippen molar-refractivity contribution in [1.82, 2.24) is 19.8 Å². The third-order valence-electron chi connectivity index (χ3n) is 7.61. The van der Waals surface area contributed by atoms with Gasteiger partial charge in [-0.25, -0.2) is 0 Å². The topological polar surface area (TPSA) is 66.4 Å². The minimum atomic E-state index is -0.223. The van der Waals surface area contributed by atoms with Gasteiger partial charge in [0, 0.05) is 43.4 Å². The molecule has 1 unspecified atom stereocenters. The Hall–Kier alpha value is -2.76. The smallest absolute Gasteiger partial charge is 0.255 e. The highest BCUT2D eigenvalue weighted by Crippen LogP contribution is 2.59. The second-order valence-corrected chi connectivity index (χ2v) is 9.27. The number of hydrogen-bond acceptors (Lipinski definition) is 4. The largest absolute Gasteiger partial charge is 0.338 e. The van der Waals surface area contributed by atoms with Crippen molar-refractivity contribution in [3.63, 3.8) is 0 Å². The number of aromatic nitrogens is 2. The van der Waals surface area contributed by atoms with Gasteiger partial charge in [-0.3, -0.25) is 19.6 Å². The van der Waals surface area contributed by atoms with Crippen molar-refractivity contribution in [3.8, 4) is 0 Å². The molecule has 6 nitrogen and oxygen atoms in total. The normalized spacial score (nSPS) is 23.6. The van der Waals surface area contributed by atoms with Crippen molar-refractivity contribution < 1.29 is 9.59 Å². The molecule has 0 N–H and O–H groups in total. The maximum atomic E-state index is 13.5. The number of likely N-dealkylation sites (tertiary alicyclic amines) is 2. The molecule has 3 aliphatic rings. The molecule has 5 rings (SSSR count). The number of hydrogen-bond donors (Lipinski definition) is 0. The van der Waals surface area contributed by atoms with Gasteiger partial charge < -0.3 is 9.80 Å². The third kappa shape index (κ3) is 3.33. The van der Waals surface area contributed by atoms with Gasteiger partial charge in [0.1, 0.15) is 0 Å². The molecular formula is C25H30N4O2. The van der Waals surface area contributed by atoms with E-state index in [1.807, 2.05) is 36.4 Å². The molecule has 0 aromatic carbocycles. The van der Waals surface area contributed by atoms with E-state index < -0.39 is 0 Å². The molecule has 1 atom stereocenters. The lowest BCUT2D eigenvalue weighted by Crippen LogP contribution is -2.67. The highest BCUT2D eigenvalue weighted by atomic mass is 16.2. The molecule has 1 aliphatic carbocycles. The van der Waals surface area contributed by atoms with E-state index in [1.165, 1.54) is 12.0 Å². The lowest BCUT2D eigenvalue weighted by Gasteiger charge is -2.61. The van der Waals surface area contributed by atoms with Gasteiger partial charge in [-0.05, 0) is 62.4 Å². The number of piperidine rings is 1. The standard InChI is InChI=1S/C25H30N4O2/c1-18-21(6-5-13-27-18)23(30)28-16-9-20(10-17-28)29-22(19-7-14-26-15-8-19)25(24(29)31)11-3-2-4-12-25/h5-8,13-15,20,22H,2-4,9-12,16-17H2,1H3. The number of nitrogens with zero attached hydrogens (tertiary/aromatic N) is 4. The average molecular weight is 419 g/mol. The number of pyridine rings is 2. The van der Waals surface area contributed by atoms with Gasteiger partial charge in [0.05, 0.1) is 17.0 Å². The van der Waals surface area contributed by atoms with E-state index in [1.54, 1.807) is 6.20 Å². The van der Waals surface area contributed by atoms with Crippen LogP contribution in [0.3, 0.4) is 0 Å². The van der Waals surface area contributed by atoms with Crippen LogP contribution >= 0.6 is 0 Å². The molecule has 2 aromatic rings. The van der Waals surface area contributed by atoms with E-state index in [2.05, 4.69) is 27.0 Å². The first-order chi connectivity index (χ1) is 15.1. The van der Waals surface area contributed by atoms with Gasteiger partial charge in [-0.15, -0.1) is 0 Å². The molecule has 0 bridgehead atoms. The lowest BCUT2D eigenvalue weighted by molar-refractivity contribution is -0.186. The molecule has 162 valence electrons. The Morgan fingerprint density at radius 1 is 1.03 bits per heavy atom. The summed E-state index contributed by atoms with van der Waals surface area (Å²) in [5.41, 5.74) is 2.43. The van der Waals surface area contributed by atoms with Crippen molar-refractivity contribution >= 4 is 11.8 Å². The second kappa shape index (κ2) is 8.06. The summed E-state index contributed by atoms with van der Waals surface area (Å²) in [4.78, 5) is 39.0. The predicted octanol–water partition coefficient (Wildman–Crippen LogP) is 3.92. The Labute approximate surface area is 183 Å². The first-order valence-electron chi connectivity index (χ1n) is 11.6. The number of aryl methyl sites for hydroxylation is 1. The van der Waals surface area contributed by atoms with E-state index in [0.717, 1.165) is 44.2 Å². The number of amides is 2. The van der Waals surface area contributed by atoms with E-state index >= 15 is 0 Å².